The fourth-order valence-electron chi connectivity index (χ4n) is 2.18. The van der Waals surface area contributed by atoms with Crippen LogP contribution in [-0.2, 0) is 9.53 Å². The van der Waals surface area contributed by atoms with Crippen molar-refractivity contribution >= 4 is 28.4 Å². The molecule has 2 aromatic rings. The summed E-state index contributed by atoms with van der Waals surface area (Å²) in [6.07, 6.45) is 0.881. The summed E-state index contributed by atoms with van der Waals surface area (Å²) in [6.45, 7) is 1.33. The summed E-state index contributed by atoms with van der Waals surface area (Å²) in [5.41, 5.74) is 1.12. The number of ether oxygens (including phenoxy) is 1. The molecule has 1 saturated heterocycles. The Hall–Kier alpha value is -1.26. The second-order valence-corrected chi connectivity index (χ2v) is 5.55. The first-order valence-electron chi connectivity index (χ1n) is 6.14. The summed E-state index contributed by atoms with van der Waals surface area (Å²) in [5, 5.41) is 2.25. The molecular weight excluding hydrogens is 246 g/mol. The molecule has 0 aliphatic carbocycles. The minimum Gasteiger partial charge on any atom is -0.381 e. The molecule has 1 fully saturated rings. The standard InChI is InChI=1S/C14H15NO2S/c16-13(11-5-6-17-8-11)9-18-14-7-10-3-1-2-4-12(10)15-14/h1-4,7,11,15H,5-6,8-9H2. The van der Waals surface area contributed by atoms with Gasteiger partial charge in [-0.2, -0.15) is 0 Å². The minimum absolute atomic E-state index is 0.113. The lowest BCUT2D eigenvalue weighted by Crippen LogP contribution is -2.16. The van der Waals surface area contributed by atoms with Gasteiger partial charge in [-0.05, 0) is 18.6 Å². The van der Waals surface area contributed by atoms with E-state index in [1.165, 1.54) is 5.39 Å². The van der Waals surface area contributed by atoms with E-state index in [0.29, 0.717) is 18.1 Å². The average molecular weight is 261 g/mol. The number of ketones is 1. The Morgan fingerprint density at radius 2 is 2.33 bits per heavy atom. The number of Topliss-reactive ketones (excluding diaryl/α,β-unsaturated/α-hetero) is 1. The van der Waals surface area contributed by atoms with Crippen LogP contribution in [0, 0.1) is 5.92 Å². The number of aromatic nitrogens is 1. The highest BCUT2D eigenvalue weighted by molar-refractivity contribution is 7.99. The van der Waals surface area contributed by atoms with Crippen LogP contribution in [0.2, 0.25) is 0 Å². The Bertz CT molecular complexity index is 525. The molecular formula is C14H15NO2S. The van der Waals surface area contributed by atoms with Gasteiger partial charge in [-0.15, -0.1) is 11.8 Å². The Morgan fingerprint density at radius 3 is 3.11 bits per heavy atom. The maximum atomic E-state index is 11.9. The topological polar surface area (TPSA) is 42.1 Å². The average Bonchev–Trinajstić information content (AvgIpc) is 3.04. The number of fused-ring (bicyclic) bond motifs is 1. The number of hydrogen-bond acceptors (Lipinski definition) is 3. The van der Waals surface area contributed by atoms with Crippen LogP contribution < -0.4 is 0 Å². The molecule has 0 amide bonds. The number of thioether (sulfide) groups is 1. The Morgan fingerprint density at radius 1 is 1.44 bits per heavy atom. The van der Waals surface area contributed by atoms with Crippen molar-refractivity contribution in [2.75, 3.05) is 19.0 Å². The van der Waals surface area contributed by atoms with E-state index in [2.05, 4.69) is 17.1 Å². The van der Waals surface area contributed by atoms with Crippen LogP contribution in [0.15, 0.2) is 35.4 Å². The van der Waals surface area contributed by atoms with E-state index in [1.54, 1.807) is 11.8 Å². The number of nitrogens with one attached hydrogen (secondary N) is 1. The first-order valence-corrected chi connectivity index (χ1v) is 7.12. The van der Waals surface area contributed by atoms with Crippen molar-refractivity contribution in [2.24, 2.45) is 5.92 Å². The van der Waals surface area contributed by atoms with Crippen LogP contribution in [0.4, 0.5) is 0 Å². The summed E-state index contributed by atoms with van der Waals surface area (Å²) in [7, 11) is 0. The van der Waals surface area contributed by atoms with E-state index in [4.69, 9.17) is 4.74 Å². The number of rotatable bonds is 4. The molecule has 3 rings (SSSR count). The number of H-pyrrole nitrogens is 1. The monoisotopic (exact) mass is 261 g/mol. The highest BCUT2D eigenvalue weighted by atomic mass is 32.2. The van der Waals surface area contributed by atoms with Gasteiger partial charge in [0.1, 0.15) is 5.78 Å². The minimum atomic E-state index is 0.113. The van der Waals surface area contributed by atoms with Gasteiger partial charge in [-0.1, -0.05) is 18.2 Å². The number of hydrogen-bond donors (Lipinski definition) is 1. The molecule has 2 heterocycles. The summed E-state index contributed by atoms with van der Waals surface area (Å²) in [6, 6.07) is 10.2. The lowest BCUT2D eigenvalue weighted by Gasteiger charge is -2.04. The summed E-state index contributed by atoms with van der Waals surface area (Å²) in [5.74, 6) is 0.943. The number of carbonyl (C=O) groups excluding carboxylic acids is 1. The summed E-state index contributed by atoms with van der Waals surface area (Å²) >= 11 is 1.58. The van der Waals surface area contributed by atoms with Crippen LogP contribution >= 0.6 is 11.8 Å². The van der Waals surface area contributed by atoms with Crippen LogP contribution in [-0.4, -0.2) is 29.7 Å². The van der Waals surface area contributed by atoms with E-state index in [-0.39, 0.29) is 5.92 Å². The van der Waals surface area contributed by atoms with Crippen molar-refractivity contribution in [3.8, 4) is 0 Å². The van der Waals surface area contributed by atoms with Gasteiger partial charge < -0.3 is 9.72 Å². The Labute approximate surface area is 110 Å². The number of aromatic amines is 1. The lowest BCUT2D eigenvalue weighted by atomic mass is 10.1. The third kappa shape index (κ3) is 2.44. The number of para-hydroxylation sites is 1. The molecule has 94 valence electrons. The smallest absolute Gasteiger partial charge is 0.148 e. The lowest BCUT2D eigenvalue weighted by molar-refractivity contribution is -0.120. The highest BCUT2D eigenvalue weighted by Crippen LogP contribution is 2.25. The van der Waals surface area contributed by atoms with E-state index in [1.807, 2.05) is 18.2 Å². The highest BCUT2D eigenvalue weighted by Gasteiger charge is 2.23. The second-order valence-electron chi connectivity index (χ2n) is 4.54. The van der Waals surface area contributed by atoms with Gasteiger partial charge in [0.05, 0.1) is 17.4 Å². The summed E-state index contributed by atoms with van der Waals surface area (Å²) < 4.78 is 5.24. The predicted octanol–water partition coefficient (Wildman–Crippen LogP) is 2.87. The molecule has 4 heteroatoms. The molecule has 0 radical (unpaired) electrons. The van der Waals surface area contributed by atoms with Gasteiger partial charge in [-0.3, -0.25) is 4.79 Å². The first-order chi connectivity index (χ1) is 8.83. The fraction of sp³-hybridized carbons (Fsp3) is 0.357. The zero-order valence-electron chi connectivity index (χ0n) is 10.0. The third-order valence-electron chi connectivity index (χ3n) is 3.26. The molecule has 0 spiro atoms. The van der Waals surface area contributed by atoms with E-state index < -0.39 is 0 Å². The van der Waals surface area contributed by atoms with Gasteiger partial charge in [0.15, 0.2) is 0 Å². The van der Waals surface area contributed by atoms with Crippen LogP contribution in [0.3, 0.4) is 0 Å². The third-order valence-corrected chi connectivity index (χ3v) is 4.22. The second kappa shape index (κ2) is 5.16. The van der Waals surface area contributed by atoms with Gasteiger partial charge in [0.25, 0.3) is 0 Å². The van der Waals surface area contributed by atoms with Gasteiger partial charge in [0.2, 0.25) is 0 Å². The van der Waals surface area contributed by atoms with Crippen molar-refractivity contribution in [2.45, 2.75) is 11.4 Å². The van der Waals surface area contributed by atoms with Crippen LogP contribution in [0.25, 0.3) is 10.9 Å². The van der Waals surface area contributed by atoms with Gasteiger partial charge >= 0.3 is 0 Å². The zero-order chi connectivity index (χ0) is 12.4. The van der Waals surface area contributed by atoms with E-state index in [0.717, 1.165) is 23.6 Å². The summed E-state index contributed by atoms with van der Waals surface area (Å²) in [4.78, 5) is 15.2. The molecule has 1 unspecified atom stereocenters. The molecule has 1 aromatic carbocycles. The molecule has 1 aliphatic heterocycles. The van der Waals surface area contributed by atoms with Crippen molar-refractivity contribution in [3.05, 3.63) is 30.3 Å². The molecule has 1 atom stereocenters. The van der Waals surface area contributed by atoms with Crippen molar-refractivity contribution in [1.29, 1.82) is 0 Å². The normalized spacial score (nSPS) is 19.4. The fourth-order valence-corrected chi connectivity index (χ4v) is 3.11. The Kier molecular flexibility index (Phi) is 3.39. The maximum Gasteiger partial charge on any atom is 0.148 e. The van der Waals surface area contributed by atoms with Crippen molar-refractivity contribution < 1.29 is 9.53 Å². The molecule has 3 nitrogen and oxygen atoms in total. The van der Waals surface area contributed by atoms with E-state index in [9.17, 15) is 4.79 Å². The molecule has 0 saturated carbocycles. The molecule has 1 N–H and O–H groups in total. The molecule has 18 heavy (non-hydrogen) atoms. The molecule has 1 aliphatic rings. The molecule has 0 bridgehead atoms. The largest absolute Gasteiger partial charge is 0.381 e. The van der Waals surface area contributed by atoms with Crippen LogP contribution in [0.1, 0.15) is 6.42 Å². The van der Waals surface area contributed by atoms with Crippen LogP contribution in [0.5, 0.6) is 0 Å². The zero-order valence-corrected chi connectivity index (χ0v) is 10.8. The first kappa shape index (κ1) is 11.8. The Balaban J connectivity index is 1.63. The van der Waals surface area contributed by atoms with Crippen molar-refractivity contribution in [1.82, 2.24) is 4.98 Å². The van der Waals surface area contributed by atoms with Gasteiger partial charge in [0, 0.05) is 23.4 Å². The maximum absolute atomic E-state index is 11.9. The predicted molar refractivity (Wildman–Crippen MR) is 73.0 cm³/mol. The SMILES string of the molecule is O=C(CSc1cc2ccccc2[nH]1)C1CCOC1. The quantitative estimate of drug-likeness (QED) is 0.860. The van der Waals surface area contributed by atoms with Crippen molar-refractivity contribution in [3.63, 3.8) is 0 Å². The van der Waals surface area contributed by atoms with Gasteiger partial charge in [-0.25, -0.2) is 0 Å². The number of carbonyl (C=O) groups is 1. The number of benzene rings is 1. The molecule has 1 aromatic heterocycles. The van der Waals surface area contributed by atoms with E-state index >= 15 is 0 Å².